The van der Waals surface area contributed by atoms with Gasteiger partial charge in [0.05, 0.1) is 0 Å². The summed E-state index contributed by atoms with van der Waals surface area (Å²) < 4.78 is 1.99. The van der Waals surface area contributed by atoms with Crippen LogP contribution in [0.2, 0.25) is 0 Å². The number of phenolic OH excluding ortho intramolecular Hbond substituents is 2. The number of rotatable bonds is 2. The number of nitrogens with zero attached hydrogens (tertiary/aromatic N) is 3. The Hall–Kier alpha value is -2.56. The number of fused-ring (bicyclic) bond motifs is 1. The van der Waals surface area contributed by atoms with Crippen molar-refractivity contribution in [2.24, 2.45) is 0 Å². The molecule has 2 aromatic heterocycles. The maximum atomic E-state index is 9.65. The van der Waals surface area contributed by atoms with Crippen molar-refractivity contribution in [3.63, 3.8) is 0 Å². The first-order valence-corrected chi connectivity index (χ1v) is 6.42. The maximum Gasteiger partial charge on any atom is 0.160 e. The van der Waals surface area contributed by atoms with E-state index in [9.17, 15) is 10.2 Å². The van der Waals surface area contributed by atoms with Gasteiger partial charge in [0.15, 0.2) is 5.65 Å². The van der Waals surface area contributed by atoms with Crippen LogP contribution in [-0.2, 0) is 0 Å². The SMILES string of the molecule is CC(C)n1c(-c2cc(O)cc(O)c2)nc2cccnc21. The van der Waals surface area contributed by atoms with Crippen molar-refractivity contribution in [1.82, 2.24) is 14.5 Å². The highest BCUT2D eigenvalue weighted by Crippen LogP contribution is 2.31. The minimum atomic E-state index is 0.00956. The second-order valence-corrected chi connectivity index (χ2v) is 4.98. The fourth-order valence-corrected chi connectivity index (χ4v) is 2.35. The molecule has 0 bridgehead atoms. The van der Waals surface area contributed by atoms with Gasteiger partial charge in [-0.3, -0.25) is 0 Å². The van der Waals surface area contributed by atoms with Crippen molar-refractivity contribution in [1.29, 1.82) is 0 Å². The second kappa shape index (κ2) is 4.52. The molecule has 0 amide bonds. The van der Waals surface area contributed by atoms with Crippen LogP contribution in [0.25, 0.3) is 22.6 Å². The maximum absolute atomic E-state index is 9.65. The first-order valence-electron chi connectivity index (χ1n) is 6.42. The van der Waals surface area contributed by atoms with E-state index in [1.165, 1.54) is 6.07 Å². The number of aromatic nitrogens is 3. The Morgan fingerprint density at radius 3 is 2.45 bits per heavy atom. The number of hydrogen-bond donors (Lipinski definition) is 2. The average molecular weight is 269 g/mol. The summed E-state index contributed by atoms with van der Waals surface area (Å²) in [6.07, 6.45) is 1.73. The molecule has 0 saturated carbocycles. The van der Waals surface area contributed by atoms with Crippen molar-refractivity contribution in [3.05, 3.63) is 36.5 Å². The molecule has 1 aromatic carbocycles. The monoisotopic (exact) mass is 269 g/mol. The lowest BCUT2D eigenvalue weighted by Gasteiger charge is -2.12. The molecule has 2 heterocycles. The van der Waals surface area contributed by atoms with Gasteiger partial charge in [-0.25, -0.2) is 9.97 Å². The second-order valence-electron chi connectivity index (χ2n) is 4.98. The summed E-state index contributed by atoms with van der Waals surface area (Å²) in [6, 6.07) is 8.36. The van der Waals surface area contributed by atoms with Gasteiger partial charge in [-0.15, -0.1) is 0 Å². The lowest BCUT2D eigenvalue weighted by Crippen LogP contribution is -2.03. The van der Waals surface area contributed by atoms with Crippen LogP contribution in [0.5, 0.6) is 11.5 Å². The van der Waals surface area contributed by atoms with E-state index in [1.54, 1.807) is 18.3 Å². The molecule has 0 aliphatic heterocycles. The van der Waals surface area contributed by atoms with Crippen LogP contribution in [-0.4, -0.2) is 24.7 Å². The van der Waals surface area contributed by atoms with E-state index in [1.807, 2.05) is 30.5 Å². The van der Waals surface area contributed by atoms with Crippen LogP contribution < -0.4 is 0 Å². The van der Waals surface area contributed by atoms with E-state index in [0.29, 0.717) is 11.4 Å². The molecule has 0 spiro atoms. The van der Waals surface area contributed by atoms with E-state index in [-0.39, 0.29) is 17.5 Å². The Morgan fingerprint density at radius 2 is 1.80 bits per heavy atom. The molecule has 0 atom stereocenters. The zero-order chi connectivity index (χ0) is 14.3. The molecule has 20 heavy (non-hydrogen) atoms. The van der Waals surface area contributed by atoms with Gasteiger partial charge in [-0.05, 0) is 38.1 Å². The van der Waals surface area contributed by atoms with Crippen molar-refractivity contribution in [2.75, 3.05) is 0 Å². The van der Waals surface area contributed by atoms with Crippen LogP contribution >= 0.6 is 0 Å². The molecule has 0 radical (unpaired) electrons. The van der Waals surface area contributed by atoms with E-state index >= 15 is 0 Å². The van der Waals surface area contributed by atoms with Gasteiger partial charge >= 0.3 is 0 Å². The number of pyridine rings is 1. The normalized spacial score (nSPS) is 11.3. The number of benzene rings is 1. The molecule has 0 saturated heterocycles. The largest absolute Gasteiger partial charge is 0.508 e. The smallest absolute Gasteiger partial charge is 0.160 e. The minimum Gasteiger partial charge on any atom is -0.508 e. The summed E-state index contributed by atoms with van der Waals surface area (Å²) >= 11 is 0. The average Bonchev–Trinajstić information content (AvgIpc) is 2.76. The van der Waals surface area contributed by atoms with Gasteiger partial charge in [-0.1, -0.05) is 0 Å². The third-order valence-corrected chi connectivity index (χ3v) is 3.13. The zero-order valence-electron chi connectivity index (χ0n) is 11.3. The van der Waals surface area contributed by atoms with Crippen molar-refractivity contribution < 1.29 is 10.2 Å². The molecule has 5 nitrogen and oxygen atoms in total. The van der Waals surface area contributed by atoms with Crippen LogP contribution in [0.4, 0.5) is 0 Å². The van der Waals surface area contributed by atoms with Crippen LogP contribution in [0.15, 0.2) is 36.5 Å². The van der Waals surface area contributed by atoms with Gasteiger partial charge in [0.25, 0.3) is 0 Å². The van der Waals surface area contributed by atoms with E-state index in [0.717, 1.165) is 11.2 Å². The third-order valence-electron chi connectivity index (χ3n) is 3.13. The minimum absolute atomic E-state index is 0.00956. The fourth-order valence-electron chi connectivity index (χ4n) is 2.35. The summed E-state index contributed by atoms with van der Waals surface area (Å²) in [7, 11) is 0. The molecule has 102 valence electrons. The number of hydrogen-bond acceptors (Lipinski definition) is 4. The summed E-state index contributed by atoms with van der Waals surface area (Å²) in [6.45, 7) is 4.09. The van der Waals surface area contributed by atoms with E-state index < -0.39 is 0 Å². The highest BCUT2D eigenvalue weighted by atomic mass is 16.3. The first kappa shape index (κ1) is 12.5. The molecule has 3 rings (SSSR count). The highest BCUT2D eigenvalue weighted by Gasteiger charge is 2.16. The fraction of sp³-hybridized carbons (Fsp3) is 0.200. The predicted molar refractivity (Wildman–Crippen MR) is 76.7 cm³/mol. The van der Waals surface area contributed by atoms with Crippen LogP contribution in [0.3, 0.4) is 0 Å². The molecule has 3 aromatic rings. The predicted octanol–water partition coefficient (Wildman–Crippen LogP) is 3.09. The number of phenols is 2. The standard InChI is InChI=1S/C15H15N3O2/c1-9(2)18-14(10-6-11(19)8-12(20)7-10)17-13-4-3-5-16-15(13)18/h3-9,19-20H,1-2H3. The Bertz CT molecular complexity index is 758. The van der Waals surface area contributed by atoms with Crippen molar-refractivity contribution in [2.45, 2.75) is 19.9 Å². The summed E-state index contributed by atoms with van der Waals surface area (Å²) in [5.41, 5.74) is 2.24. The van der Waals surface area contributed by atoms with E-state index in [4.69, 9.17) is 0 Å². The Labute approximate surface area is 116 Å². The first-order chi connectivity index (χ1) is 9.56. The van der Waals surface area contributed by atoms with E-state index in [2.05, 4.69) is 9.97 Å². The quantitative estimate of drug-likeness (QED) is 0.750. The Kier molecular flexibility index (Phi) is 2.82. The topological polar surface area (TPSA) is 71.2 Å². The number of aromatic hydroxyl groups is 2. The molecular weight excluding hydrogens is 254 g/mol. The number of imidazole rings is 1. The lowest BCUT2D eigenvalue weighted by molar-refractivity contribution is 0.451. The molecule has 5 heteroatoms. The molecule has 0 unspecified atom stereocenters. The van der Waals surface area contributed by atoms with Crippen molar-refractivity contribution in [3.8, 4) is 22.9 Å². The molecular formula is C15H15N3O2. The van der Waals surface area contributed by atoms with Gasteiger partial charge in [-0.2, -0.15) is 0 Å². The molecule has 0 aliphatic carbocycles. The van der Waals surface area contributed by atoms with Gasteiger partial charge in [0, 0.05) is 23.9 Å². The third kappa shape index (κ3) is 1.97. The zero-order valence-corrected chi connectivity index (χ0v) is 11.3. The van der Waals surface area contributed by atoms with Gasteiger partial charge in [0.2, 0.25) is 0 Å². The Morgan fingerprint density at radius 1 is 1.10 bits per heavy atom. The molecule has 2 N–H and O–H groups in total. The van der Waals surface area contributed by atoms with Gasteiger partial charge < -0.3 is 14.8 Å². The Balaban J connectivity index is 2.32. The summed E-state index contributed by atoms with van der Waals surface area (Å²) in [4.78, 5) is 8.93. The van der Waals surface area contributed by atoms with Crippen LogP contribution in [0, 0.1) is 0 Å². The highest BCUT2D eigenvalue weighted by molar-refractivity contribution is 5.78. The van der Waals surface area contributed by atoms with Gasteiger partial charge in [0.1, 0.15) is 22.8 Å². The molecule has 0 fully saturated rings. The lowest BCUT2D eigenvalue weighted by atomic mass is 10.2. The summed E-state index contributed by atoms with van der Waals surface area (Å²) in [5, 5.41) is 19.3. The van der Waals surface area contributed by atoms with Crippen LogP contribution in [0.1, 0.15) is 19.9 Å². The summed E-state index contributed by atoms with van der Waals surface area (Å²) in [5.74, 6) is 0.700. The molecule has 0 aliphatic rings. The van der Waals surface area contributed by atoms with Crippen molar-refractivity contribution >= 4 is 11.2 Å².